The van der Waals surface area contributed by atoms with Gasteiger partial charge >= 0.3 is 5.97 Å². The van der Waals surface area contributed by atoms with E-state index in [-0.39, 0.29) is 16.4 Å². The van der Waals surface area contributed by atoms with Crippen molar-refractivity contribution >= 4 is 41.0 Å². The number of benzene rings is 2. The van der Waals surface area contributed by atoms with Crippen LogP contribution in [-0.4, -0.2) is 18.4 Å². The molecule has 0 aliphatic rings. The van der Waals surface area contributed by atoms with Gasteiger partial charge in [0.25, 0.3) is 0 Å². The second kappa shape index (κ2) is 7.90. The molecule has 23 heavy (non-hydrogen) atoms. The standard InChI is InChI=1S/C17H11Cl2FO3/c18-12-4-7-14(15(19)9-12)16(21)10-23-17(22)8-3-11-1-5-13(20)6-2-11/h1-9H,10H2/b8-3+. The zero-order valence-electron chi connectivity index (χ0n) is 11.8. The summed E-state index contributed by atoms with van der Waals surface area (Å²) in [6, 6.07) is 10.0. The van der Waals surface area contributed by atoms with Gasteiger partial charge in [-0.2, -0.15) is 0 Å². The molecule has 0 unspecified atom stereocenters. The minimum atomic E-state index is -0.687. The molecule has 2 rings (SSSR count). The van der Waals surface area contributed by atoms with E-state index in [0.717, 1.165) is 6.08 Å². The summed E-state index contributed by atoms with van der Waals surface area (Å²) in [5, 5.41) is 0.603. The molecule has 2 aromatic carbocycles. The SMILES string of the molecule is O=C(/C=C/c1ccc(F)cc1)OCC(=O)c1ccc(Cl)cc1Cl. The van der Waals surface area contributed by atoms with Crippen LogP contribution in [0.5, 0.6) is 0 Å². The third-order valence-electron chi connectivity index (χ3n) is 2.86. The topological polar surface area (TPSA) is 43.4 Å². The lowest BCUT2D eigenvalue weighted by Crippen LogP contribution is -2.13. The Morgan fingerprint density at radius 2 is 1.78 bits per heavy atom. The van der Waals surface area contributed by atoms with Crippen molar-refractivity contribution in [2.45, 2.75) is 0 Å². The number of Topliss-reactive ketones (excluding diaryl/α,β-unsaturated/α-hetero) is 1. The summed E-state index contributed by atoms with van der Waals surface area (Å²) in [4.78, 5) is 23.5. The van der Waals surface area contributed by atoms with Gasteiger partial charge in [0.1, 0.15) is 5.82 Å². The number of carbonyl (C=O) groups excluding carboxylic acids is 2. The number of rotatable bonds is 5. The smallest absolute Gasteiger partial charge is 0.331 e. The predicted molar refractivity (Wildman–Crippen MR) is 87.2 cm³/mol. The van der Waals surface area contributed by atoms with E-state index in [1.54, 1.807) is 0 Å². The molecule has 118 valence electrons. The van der Waals surface area contributed by atoms with E-state index >= 15 is 0 Å². The maximum absolute atomic E-state index is 12.7. The molecule has 6 heteroatoms. The summed E-state index contributed by atoms with van der Waals surface area (Å²) in [5.74, 6) is -1.49. The molecule has 0 radical (unpaired) electrons. The summed E-state index contributed by atoms with van der Waals surface area (Å²) < 4.78 is 17.6. The molecule has 0 atom stereocenters. The molecular weight excluding hydrogens is 342 g/mol. The van der Waals surface area contributed by atoms with Gasteiger partial charge in [-0.3, -0.25) is 4.79 Å². The molecule has 0 amide bonds. The summed E-state index contributed by atoms with van der Waals surface area (Å²) >= 11 is 11.6. The molecule has 0 aliphatic heterocycles. The fourth-order valence-corrected chi connectivity index (χ4v) is 2.23. The van der Waals surface area contributed by atoms with E-state index in [4.69, 9.17) is 27.9 Å². The van der Waals surface area contributed by atoms with Crippen LogP contribution >= 0.6 is 23.2 Å². The Balaban J connectivity index is 1.91. The quantitative estimate of drug-likeness (QED) is 0.449. The number of ether oxygens (including phenoxy) is 1. The van der Waals surface area contributed by atoms with E-state index in [9.17, 15) is 14.0 Å². The van der Waals surface area contributed by atoms with Gasteiger partial charge in [-0.05, 0) is 42.0 Å². The Morgan fingerprint density at radius 1 is 1.09 bits per heavy atom. The first-order valence-electron chi connectivity index (χ1n) is 6.54. The van der Waals surface area contributed by atoms with Crippen molar-refractivity contribution in [2.75, 3.05) is 6.61 Å². The largest absolute Gasteiger partial charge is 0.454 e. The van der Waals surface area contributed by atoms with Crippen LogP contribution in [-0.2, 0) is 9.53 Å². The molecule has 0 aromatic heterocycles. The van der Waals surface area contributed by atoms with Crippen molar-refractivity contribution < 1.29 is 18.7 Å². The molecule has 0 bridgehead atoms. The van der Waals surface area contributed by atoms with Gasteiger partial charge in [-0.1, -0.05) is 35.3 Å². The third kappa shape index (κ3) is 5.20. The summed E-state index contributed by atoms with van der Waals surface area (Å²) in [5.41, 5.74) is 0.863. The molecule has 0 fully saturated rings. The summed E-state index contributed by atoms with van der Waals surface area (Å²) in [6.45, 7) is -0.437. The van der Waals surface area contributed by atoms with Crippen LogP contribution in [0.3, 0.4) is 0 Å². The number of carbonyl (C=O) groups is 2. The molecule has 3 nitrogen and oxygen atoms in total. The van der Waals surface area contributed by atoms with Crippen molar-refractivity contribution in [2.24, 2.45) is 0 Å². The number of ketones is 1. The Morgan fingerprint density at radius 3 is 2.43 bits per heavy atom. The maximum atomic E-state index is 12.7. The highest BCUT2D eigenvalue weighted by atomic mass is 35.5. The highest BCUT2D eigenvalue weighted by Gasteiger charge is 2.12. The second-order valence-corrected chi connectivity index (χ2v) is 5.38. The van der Waals surface area contributed by atoms with Gasteiger partial charge in [0.05, 0.1) is 5.02 Å². The molecular formula is C17H11Cl2FO3. The van der Waals surface area contributed by atoms with Crippen LogP contribution in [0.1, 0.15) is 15.9 Å². The van der Waals surface area contributed by atoms with Crippen molar-refractivity contribution in [3.8, 4) is 0 Å². The third-order valence-corrected chi connectivity index (χ3v) is 3.41. The predicted octanol–water partition coefficient (Wildman–Crippen LogP) is 4.57. The van der Waals surface area contributed by atoms with E-state index in [1.165, 1.54) is 48.5 Å². The fraction of sp³-hybridized carbons (Fsp3) is 0.0588. The second-order valence-electron chi connectivity index (χ2n) is 4.54. The molecule has 0 aliphatic carbocycles. The van der Waals surface area contributed by atoms with Gasteiger partial charge in [0.2, 0.25) is 5.78 Å². The lowest BCUT2D eigenvalue weighted by atomic mass is 10.1. The van der Waals surface area contributed by atoms with Crippen LogP contribution < -0.4 is 0 Å². The summed E-state index contributed by atoms with van der Waals surface area (Å²) in [7, 11) is 0. The molecule has 0 saturated carbocycles. The highest BCUT2D eigenvalue weighted by Crippen LogP contribution is 2.21. The first kappa shape index (κ1) is 17.2. The normalized spacial score (nSPS) is 10.7. The Kier molecular flexibility index (Phi) is 5.90. The summed E-state index contributed by atoms with van der Waals surface area (Å²) in [6.07, 6.45) is 2.62. The van der Waals surface area contributed by atoms with Crippen molar-refractivity contribution in [3.63, 3.8) is 0 Å². The lowest BCUT2D eigenvalue weighted by Gasteiger charge is -2.04. The Hall–Kier alpha value is -2.17. The van der Waals surface area contributed by atoms with Gasteiger partial charge in [-0.15, -0.1) is 0 Å². The molecule has 2 aromatic rings. The molecule has 0 spiro atoms. The number of esters is 1. The van der Waals surface area contributed by atoms with Crippen LogP contribution in [0.4, 0.5) is 4.39 Å². The van der Waals surface area contributed by atoms with Gasteiger partial charge in [0.15, 0.2) is 6.61 Å². The van der Waals surface area contributed by atoms with Crippen molar-refractivity contribution in [1.82, 2.24) is 0 Å². The Bertz CT molecular complexity index is 755. The minimum absolute atomic E-state index is 0.195. The monoisotopic (exact) mass is 352 g/mol. The van der Waals surface area contributed by atoms with E-state index in [2.05, 4.69) is 0 Å². The Labute approximate surface area is 142 Å². The number of hydrogen-bond donors (Lipinski definition) is 0. The highest BCUT2D eigenvalue weighted by molar-refractivity contribution is 6.36. The van der Waals surface area contributed by atoms with Crippen LogP contribution in [0, 0.1) is 5.82 Å². The molecule has 0 N–H and O–H groups in total. The van der Waals surface area contributed by atoms with Gasteiger partial charge < -0.3 is 4.74 Å². The fourth-order valence-electron chi connectivity index (χ4n) is 1.72. The van der Waals surface area contributed by atoms with Crippen LogP contribution in [0.15, 0.2) is 48.5 Å². The molecule has 0 heterocycles. The average Bonchev–Trinajstić information content (AvgIpc) is 2.52. The van der Waals surface area contributed by atoms with Crippen molar-refractivity contribution in [1.29, 1.82) is 0 Å². The number of halogens is 3. The zero-order chi connectivity index (χ0) is 16.8. The average molecular weight is 353 g/mol. The molecule has 0 saturated heterocycles. The maximum Gasteiger partial charge on any atom is 0.331 e. The minimum Gasteiger partial charge on any atom is -0.454 e. The van der Waals surface area contributed by atoms with E-state index in [0.29, 0.717) is 10.6 Å². The van der Waals surface area contributed by atoms with Gasteiger partial charge in [0, 0.05) is 16.7 Å². The van der Waals surface area contributed by atoms with Crippen LogP contribution in [0.2, 0.25) is 10.0 Å². The van der Waals surface area contributed by atoms with E-state index in [1.807, 2.05) is 0 Å². The van der Waals surface area contributed by atoms with E-state index < -0.39 is 18.4 Å². The first-order valence-corrected chi connectivity index (χ1v) is 7.30. The first-order chi connectivity index (χ1) is 11.0. The number of hydrogen-bond acceptors (Lipinski definition) is 3. The lowest BCUT2D eigenvalue weighted by molar-refractivity contribution is -0.136. The van der Waals surface area contributed by atoms with Gasteiger partial charge in [-0.25, -0.2) is 9.18 Å². The van der Waals surface area contributed by atoms with Crippen LogP contribution in [0.25, 0.3) is 6.08 Å². The zero-order valence-corrected chi connectivity index (χ0v) is 13.3. The van der Waals surface area contributed by atoms with Crippen molar-refractivity contribution in [3.05, 3.63) is 75.5 Å².